The molecule has 182 valence electrons. The van der Waals surface area contributed by atoms with Gasteiger partial charge in [0, 0.05) is 15.8 Å². The number of nitrogens with one attached hydrogen (secondary N) is 1. The molecule has 0 aliphatic heterocycles. The Bertz CT molecular complexity index is 1680. The first-order valence-corrected chi connectivity index (χ1v) is 13.9. The van der Waals surface area contributed by atoms with Crippen LogP contribution >= 0.6 is 22.7 Å². The number of carbonyl (C=O) groups excluding carboxylic acids is 1. The molecule has 3 N–H and O–H groups in total. The van der Waals surface area contributed by atoms with Crippen molar-refractivity contribution in [2.75, 3.05) is 11.1 Å². The van der Waals surface area contributed by atoms with Gasteiger partial charge < -0.3 is 11.1 Å². The van der Waals surface area contributed by atoms with E-state index in [1.807, 2.05) is 66.7 Å². The number of nitriles is 1. The van der Waals surface area contributed by atoms with Crippen LogP contribution in [0, 0.1) is 17.2 Å². The number of nitrogen functional groups attached to an aromatic ring is 1. The highest BCUT2D eigenvalue weighted by Gasteiger charge is 2.27. The zero-order valence-corrected chi connectivity index (χ0v) is 21.9. The average molecular weight is 521 g/mol. The molecule has 0 bridgehead atoms. The van der Waals surface area contributed by atoms with E-state index in [1.54, 1.807) is 0 Å². The fourth-order valence-electron chi connectivity index (χ4n) is 5.01. The minimum absolute atomic E-state index is 0.302. The van der Waals surface area contributed by atoms with E-state index in [-0.39, 0.29) is 5.91 Å². The Morgan fingerprint density at radius 3 is 2.49 bits per heavy atom. The van der Waals surface area contributed by atoms with Crippen LogP contribution < -0.4 is 11.1 Å². The zero-order valence-electron chi connectivity index (χ0n) is 20.2. The number of anilines is 2. The first-order chi connectivity index (χ1) is 18.0. The number of pyridine rings is 1. The van der Waals surface area contributed by atoms with Crippen molar-refractivity contribution in [3.63, 3.8) is 0 Å². The topological polar surface area (TPSA) is 91.8 Å². The number of amides is 1. The van der Waals surface area contributed by atoms with Crippen LogP contribution in [0.1, 0.15) is 39.0 Å². The van der Waals surface area contributed by atoms with Crippen molar-refractivity contribution in [3.05, 3.63) is 87.6 Å². The Kier molecular flexibility index (Phi) is 5.99. The Morgan fingerprint density at radius 1 is 1.08 bits per heavy atom. The Hall–Kier alpha value is -3.99. The number of benzene rings is 2. The molecule has 1 aliphatic carbocycles. The molecule has 5 aromatic rings. The molecule has 5 nitrogen and oxygen atoms in total. The minimum atomic E-state index is -0.302. The number of hydrogen-bond donors (Lipinski definition) is 2. The summed E-state index contributed by atoms with van der Waals surface area (Å²) in [6.07, 6.45) is 2.89. The molecule has 0 saturated heterocycles. The summed E-state index contributed by atoms with van der Waals surface area (Å²) in [5.41, 5.74) is 12.5. The van der Waals surface area contributed by atoms with E-state index < -0.39 is 0 Å². The third kappa shape index (κ3) is 4.18. The molecule has 7 heteroatoms. The van der Waals surface area contributed by atoms with Gasteiger partial charge >= 0.3 is 0 Å². The number of thiophene rings is 2. The summed E-state index contributed by atoms with van der Waals surface area (Å²) in [7, 11) is 0. The molecule has 1 aliphatic rings. The summed E-state index contributed by atoms with van der Waals surface area (Å²) < 4.78 is 0. The second-order valence-electron chi connectivity index (χ2n) is 9.43. The highest BCUT2D eigenvalue weighted by molar-refractivity contribution is 7.21. The normalized spacial score (nSPS) is 14.8. The van der Waals surface area contributed by atoms with E-state index in [0.29, 0.717) is 31.9 Å². The first kappa shape index (κ1) is 23.4. The predicted octanol–water partition coefficient (Wildman–Crippen LogP) is 7.52. The fourth-order valence-corrected chi connectivity index (χ4v) is 7.38. The summed E-state index contributed by atoms with van der Waals surface area (Å²) in [5.74, 6) is 0.282. The molecule has 0 fully saturated rings. The maximum absolute atomic E-state index is 13.5. The van der Waals surface area contributed by atoms with Gasteiger partial charge in [-0.05, 0) is 47.9 Å². The van der Waals surface area contributed by atoms with Gasteiger partial charge in [-0.15, -0.1) is 22.7 Å². The van der Waals surface area contributed by atoms with E-state index >= 15 is 0 Å². The molecule has 0 spiro atoms. The molecule has 0 saturated carbocycles. The third-order valence-electron chi connectivity index (χ3n) is 6.91. The number of carbonyl (C=O) groups is 1. The molecule has 1 atom stereocenters. The summed E-state index contributed by atoms with van der Waals surface area (Å²) in [6.45, 7) is 2.23. The number of nitrogens with zero attached hydrogens (tertiary/aromatic N) is 2. The molecule has 37 heavy (non-hydrogen) atoms. The van der Waals surface area contributed by atoms with Crippen molar-refractivity contribution < 1.29 is 4.79 Å². The van der Waals surface area contributed by atoms with Crippen LogP contribution in [0.3, 0.4) is 0 Å². The maximum Gasteiger partial charge on any atom is 0.268 e. The van der Waals surface area contributed by atoms with Crippen molar-refractivity contribution >= 4 is 49.5 Å². The molecular formula is C30H24N4OS2. The van der Waals surface area contributed by atoms with Crippen molar-refractivity contribution in [2.45, 2.75) is 26.2 Å². The first-order valence-electron chi connectivity index (χ1n) is 12.2. The Balaban J connectivity index is 1.45. The van der Waals surface area contributed by atoms with Crippen LogP contribution in [0.2, 0.25) is 0 Å². The Labute approximate surface area is 223 Å². The fraction of sp³-hybridized carbons (Fsp3) is 0.167. The van der Waals surface area contributed by atoms with Crippen molar-refractivity contribution in [3.8, 4) is 28.5 Å². The zero-order chi connectivity index (χ0) is 25.5. The minimum Gasteiger partial charge on any atom is -0.397 e. The highest BCUT2D eigenvalue weighted by atomic mass is 32.1. The van der Waals surface area contributed by atoms with Crippen LogP contribution in [0.25, 0.3) is 32.6 Å². The lowest BCUT2D eigenvalue weighted by atomic mass is 9.89. The average Bonchev–Trinajstić information content (AvgIpc) is 3.45. The summed E-state index contributed by atoms with van der Waals surface area (Å²) >= 11 is 2.81. The van der Waals surface area contributed by atoms with Gasteiger partial charge in [-0.25, -0.2) is 4.98 Å². The smallest absolute Gasteiger partial charge is 0.268 e. The molecular weight excluding hydrogens is 496 g/mol. The van der Waals surface area contributed by atoms with Crippen LogP contribution in [0.4, 0.5) is 10.7 Å². The van der Waals surface area contributed by atoms with Gasteiger partial charge in [0.1, 0.15) is 20.8 Å². The van der Waals surface area contributed by atoms with Gasteiger partial charge in [-0.2, -0.15) is 5.26 Å². The van der Waals surface area contributed by atoms with E-state index in [2.05, 4.69) is 18.3 Å². The molecule has 6 rings (SSSR count). The van der Waals surface area contributed by atoms with Crippen molar-refractivity contribution in [1.29, 1.82) is 5.26 Å². The number of aromatic nitrogens is 1. The lowest BCUT2D eigenvalue weighted by Gasteiger charge is -2.17. The van der Waals surface area contributed by atoms with Crippen LogP contribution in [0.15, 0.2) is 66.7 Å². The van der Waals surface area contributed by atoms with Gasteiger partial charge in [0.15, 0.2) is 0 Å². The second-order valence-corrected chi connectivity index (χ2v) is 11.5. The van der Waals surface area contributed by atoms with E-state index in [9.17, 15) is 10.1 Å². The SMILES string of the molecule is CC1CCc2c(sc(NC(=O)c3sc4nc(-c5ccccc5)cc(-c5ccccc5)c4c3N)c2C#N)C1. The van der Waals surface area contributed by atoms with Gasteiger partial charge in [0.2, 0.25) is 0 Å². The molecule has 0 radical (unpaired) electrons. The van der Waals surface area contributed by atoms with Crippen LogP contribution in [0.5, 0.6) is 0 Å². The third-order valence-corrected chi connectivity index (χ3v) is 9.18. The number of hydrogen-bond acceptors (Lipinski definition) is 6. The summed E-state index contributed by atoms with van der Waals surface area (Å²) in [4.78, 5) is 20.8. The summed E-state index contributed by atoms with van der Waals surface area (Å²) in [5, 5.41) is 14.3. The summed E-state index contributed by atoms with van der Waals surface area (Å²) in [6, 6.07) is 24.4. The van der Waals surface area contributed by atoms with Crippen molar-refractivity contribution in [1.82, 2.24) is 4.98 Å². The maximum atomic E-state index is 13.5. The Morgan fingerprint density at radius 2 is 1.78 bits per heavy atom. The van der Waals surface area contributed by atoms with Crippen LogP contribution in [-0.2, 0) is 12.8 Å². The van der Waals surface area contributed by atoms with E-state index in [0.717, 1.165) is 52.6 Å². The van der Waals surface area contributed by atoms with Gasteiger partial charge in [-0.1, -0.05) is 67.6 Å². The quantitative estimate of drug-likeness (QED) is 0.256. The largest absolute Gasteiger partial charge is 0.397 e. The van der Waals surface area contributed by atoms with Gasteiger partial charge in [-0.3, -0.25) is 4.79 Å². The number of rotatable bonds is 4. The van der Waals surface area contributed by atoms with Crippen molar-refractivity contribution in [2.24, 2.45) is 5.92 Å². The predicted molar refractivity (Wildman–Crippen MR) is 153 cm³/mol. The molecule has 2 aromatic carbocycles. The number of nitrogens with two attached hydrogens (primary N) is 1. The van der Waals surface area contributed by atoms with E-state index in [1.165, 1.54) is 27.6 Å². The van der Waals surface area contributed by atoms with E-state index in [4.69, 9.17) is 10.7 Å². The second kappa shape index (κ2) is 9.47. The molecule has 3 heterocycles. The monoisotopic (exact) mass is 520 g/mol. The highest BCUT2D eigenvalue weighted by Crippen LogP contribution is 2.43. The van der Waals surface area contributed by atoms with Gasteiger partial charge in [0.25, 0.3) is 5.91 Å². The molecule has 3 aromatic heterocycles. The van der Waals surface area contributed by atoms with Crippen LogP contribution in [-0.4, -0.2) is 10.9 Å². The lowest BCUT2D eigenvalue weighted by molar-refractivity contribution is 0.103. The molecule has 1 amide bonds. The molecule has 1 unspecified atom stereocenters. The lowest BCUT2D eigenvalue weighted by Crippen LogP contribution is -2.12. The standard InChI is InChI=1S/C30H24N4OS2/c1-17-12-13-20-22(16-31)29(36-24(20)14-17)34-28(35)27-26(32)25-21(18-8-4-2-5-9-18)15-23(33-30(25)37-27)19-10-6-3-7-11-19/h2-11,15,17H,12-14,32H2,1H3,(H,34,35). The number of fused-ring (bicyclic) bond motifs is 2. The van der Waals surface area contributed by atoms with Gasteiger partial charge in [0.05, 0.1) is 16.9 Å².